The van der Waals surface area contributed by atoms with Crippen LogP contribution in [0.3, 0.4) is 0 Å². The van der Waals surface area contributed by atoms with Crippen LogP contribution in [0.5, 0.6) is 11.6 Å². The number of hydrogen-bond donors (Lipinski definition) is 2. The maximum Gasteiger partial charge on any atom is 0.253 e. The highest BCUT2D eigenvalue weighted by molar-refractivity contribution is 5.94. The zero-order chi connectivity index (χ0) is 20.2. The third kappa shape index (κ3) is 4.60. The summed E-state index contributed by atoms with van der Waals surface area (Å²) in [6, 6.07) is 10.6. The number of hydrogen-bond acceptors (Lipinski definition) is 5. The molecule has 1 aliphatic carbocycles. The minimum atomic E-state index is -0.601. The summed E-state index contributed by atoms with van der Waals surface area (Å²) in [4.78, 5) is 16.6. The van der Waals surface area contributed by atoms with E-state index in [4.69, 9.17) is 4.74 Å². The molecule has 3 atom stereocenters. The first-order valence-corrected chi connectivity index (χ1v) is 9.43. The zero-order valence-electron chi connectivity index (χ0n) is 15.6. The summed E-state index contributed by atoms with van der Waals surface area (Å²) < 4.78 is 20.9. The van der Waals surface area contributed by atoms with Crippen LogP contribution in [-0.2, 0) is 6.54 Å². The molecule has 8 heteroatoms. The summed E-state index contributed by atoms with van der Waals surface area (Å²) in [5.74, 6) is -0.319. The molecule has 2 heterocycles. The Hall–Kier alpha value is -3.26. The van der Waals surface area contributed by atoms with Crippen LogP contribution in [0.15, 0.2) is 61.1 Å². The van der Waals surface area contributed by atoms with Crippen LogP contribution < -0.4 is 10.1 Å². The quantitative estimate of drug-likeness (QED) is 0.669. The van der Waals surface area contributed by atoms with Crippen LogP contribution in [-0.4, -0.2) is 37.9 Å². The largest absolute Gasteiger partial charge is 0.436 e. The number of amides is 1. The number of aliphatic hydroxyl groups excluding tert-OH is 1. The highest BCUT2D eigenvalue weighted by atomic mass is 19.1. The molecule has 1 aromatic carbocycles. The van der Waals surface area contributed by atoms with Gasteiger partial charge in [-0.05, 0) is 43.0 Å². The highest BCUT2D eigenvalue weighted by Gasteiger charge is 2.34. The SMILES string of the molecule is O=C(N[C@@H]1CC(Cn2cccn2)C[C@H]1O)c1ccc(Oc2ccccc2F)nc1. The van der Waals surface area contributed by atoms with Crippen molar-refractivity contribution in [2.45, 2.75) is 31.5 Å². The van der Waals surface area contributed by atoms with Crippen molar-refractivity contribution in [1.82, 2.24) is 20.1 Å². The van der Waals surface area contributed by atoms with E-state index < -0.39 is 11.9 Å². The molecule has 2 N–H and O–H groups in total. The number of carbonyl (C=O) groups is 1. The topological polar surface area (TPSA) is 89.3 Å². The fraction of sp³-hybridized carbons (Fsp3) is 0.286. The molecule has 1 saturated carbocycles. The summed E-state index contributed by atoms with van der Waals surface area (Å²) in [5, 5.41) is 17.4. The van der Waals surface area contributed by atoms with Gasteiger partial charge in [-0.15, -0.1) is 0 Å². The fourth-order valence-electron chi connectivity index (χ4n) is 3.56. The second kappa shape index (κ2) is 8.40. The Labute approximate surface area is 167 Å². The number of para-hydroxylation sites is 1. The van der Waals surface area contributed by atoms with Crippen molar-refractivity contribution in [3.05, 3.63) is 72.4 Å². The molecule has 7 nitrogen and oxygen atoms in total. The van der Waals surface area contributed by atoms with Gasteiger partial charge in [0, 0.05) is 31.2 Å². The van der Waals surface area contributed by atoms with E-state index in [1.54, 1.807) is 24.4 Å². The normalized spacial score (nSPS) is 21.1. The maximum absolute atomic E-state index is 13.7. The number of rotatable bonds is 6. The van der Waals surface area contributed by atoms with E-state index in [1.807, 2.05) is 16.9 Å². The van der Waals surface area contributed by atoms with Gasteiger partial charge in [0.15, 0.2) is 11.6 Å². The van der Waals surface area contributed by atoms with Crippen LogP contribution in [0.1, 0.15) is 23.2 Å². The Morgan fingerprint density at radius 2 is 2.10 bits per heavy atom. The third-order valence-electron chi connectivity index (χ3n) is 5.00. The zero-order valence-corrected chi connectivity index (χ0v) is 15.6. The lowest BCUT2D eigenvalue weighted by molar-refractivity contribution is 0.0872. The molecule has 0 saturated heterocycles. The van der Waals surface area contributed by atoms with Gasteiger partial charge in [-0.2, -0.15) is 5.10 Å². The molecule has 150 valence electrons. The lowest BCUT2D eigenvalue weighted by Crippen LogP contribution is -2.39. The lowest BCUT2D eigenvalue weighted by Gasteiger charge is -2.16. The Balaban J connectivity index is 1.34. The molecule has 0 aliphatic heterocycles. The van der Waals surface area contributed by atoms with Crippen molar-refractivity contribution in [2.24, 2.45) is 5.92 Å². The predicted octanol–water partition coefficient (Wildman–Crippen LogP) is 2.78. The summed E-state index contributed by atoms with van der Waals surface area (Å²) in [5.41, 5.74) is 0.341. The fourth-order valence-corrected chi connectivity index (χ4v) is 3.56. The number of carbonyl (C=O) groups excluding carboxylic acids is 1. The number of ether oxygens (including phenoxy) is 1. The molecule has 0 radical (unpaired) electrons. The van der Waals surface area contributed by atoms with Crippen LogP contribution in [0, 0.1) is 11.7 Å². The van der Waals surface area contributed by atoms with E-state index in [9.17, 15) is 14.3 Å². The minimum Gasteiger partial charge on any atom is -0.436 e. The third-order valence-corrected chi connectivity index (χ3v) is 5.00. The summed E-state index contributed by atoms with van der Waals surface area (Å²) in [6.07, 6.45) is 5.66. The molecule has 0 bridgehead atoms. The van der Waals surface area contributed by atoms with Gasteiger partial charge in [0.2, 0.25) is 5.88 Å². The molecule has 1 unspecified atom stereocenters. The van der Waals surface area contributed by atoms with Crippen LogP contribution in [0.2, 0.25) is 0 Å². The van der Waals surface area contributed by atoms with E-state index in [1.165, 1.54) is 24.4 Å². The van der Waals surface area contributed by atoms with Gasteiger partial charge in [0.1, 0.15) is 0 Å². The smallest absolute Gasteiger partial charge is 0.253 e. The number of halogens is 1. The van der Waals surface area contributed by atoms with Crippen LogP contribution in [0.4, 0.5) is 4.39 Å². The van der Waals surface area contributed by atoms with Crippen molar-refractivity contribution in [3.8, 4) is 11.6 Å². The van der Waals surface area contributed by atoms with E-state index in [0.717, 1.165) is 0 Å². The molecule has 3 aromatic rings. The Morgan fingerprint density at radius 3 is 2.83 bits per heavy atom. The molecule has 0 spiro atoms. The number of nitrogens with one attached hydrogen (secondary N) is 1. The van der Waals surface area contributed by atoms with Gasteiger partial charge >= 0.3 is 0 Å². The molecule has 1 fully saturated rings. The Morgan fingerprint density at radius 1 is 1.24 bits per heavy atom. The van der Waals surface area contributed by atoms with Gasteiger partial charge in [-0.1, -0.05) is 12.1 Å². The second-order valence-corrected chi connectivity index (χ2v) is 7.13. The second-order valence-electron chi connectivity index (χ2n) is 7.13. The molecular formula is C21H21FN4O3. The van der Waals surface area contributed by atoms with Crippen LogP contribution >= 0.6 is 0 Å². The van der Waals surface area contributed by atoms with Crippen molar-refractivity contribution in [3.63, 3.8) is 0 Å². The monoisotopic (exact) mass is 396 g/mol. The molecular weight excluding hydrogens is 375 g/mol. The number of aliphatic hydroxyl groups is 1. The predicted molar refractivity (Wildman–Crippen MR) is 103 cm³/mol. The van der Waals surface area contributed by atoms with Gasteiger partial charge in [0.25, 0.3) is 5.91 Å². The number of nitrogens with zero attached hydrogens (tertiary/aromatic N) is 3. The van der Waals surface area contributed by atoms with Gasteiger partial charge in [-0.3, -0.25) is 9.48 Å². The first kappa shape index (κ1) is 19.1. The average Bonchev–Trinajstić information content (AvgIpc) is 3.34. The highest BCUT2D eigenvalue weighted by Crippen LogP contribution is 2.28. The van der Waals surface area contributed by atoms with Crippen LogP contribution in [0.25, 0.3) is 0 Å². The van der Waals surface area contributed by atoms with E-state index in [2.05, 4.69) is 15.4 Å². The molecule has 29 heavy (non-hydrogen) atoms. The standard InChI is InChI=1S/C21H21FN4O3/c22-16-4-1-2-5-19(16)29-20-7-6-15(12-23-20)21(28)25-17-10-14(11-18(17)27)13-26-9-3-8-24-26/h1-9,12,14,17-18,27H,10-11,13H2,(H,25,28)/t14?,17-,18-/m1/s1. The van der Waals surface area contributed by atoms with Crippen molar-refractivity contribution < 1.29 is 19.0 Å². The first-order valence-electron chi connectivity index (χ1n) is 9.43. The first-order chi connectivity index (χ1) is 14.1. The average molecular weight is 396 g/mol. The van der Waals surface area contributed by atoms with E-state index in [-0.39, 0.29) is 29.5 Å². The minimum absolute atomic E-state index is 0.0644. The number of benzene rings is 1. The Kier molecular flexibility index (Phi) is 5.53. The lowest BCUT2D eigenvalue weighted by atomic mass is 10.1. The van der Waals surface area contributed by atoms with Crippen molar-refractivity contribution in [2.75, 3.05) is 0 Å². The van der Waals surface area contributed by atoms with Crippen molar-refractivity contribution >= 4 is 5.91 Å². The summed E-state index contributed by atoms with van der Waals surface area (Å²) in [6.45, 7) is 0.708. The molecule has 2 aromatic heterocycles. The maximum atomic E-state index is 13.7. The summed E-state index contributed by atoms with van der Waals surface area (Å²) in [7, 11) is 0. The van der Waals surface area contributed by atoms with E-state index in [0.29, 0.717) is 24.9 Å². The van der Waals surface area contributed by atoms with Gasteiger partial charge in [0.05, 0.1) is 17.7 Å². The number of pyridine rings is 1. The van der Waals surface area contributed by atoms with E-state index >= 15 is 0 Å². The van der Waals surface area contributed by atoms with Gasteiger partial charge < -0.3 is 15.2 Å². The number of aromatic nitrogens is 3. The Bertz CT molecular complexity index is 962. The van der Waals surface area contributed by atoms with Gasteiger partial charge in [-0.25, -0.2) is 9.37 Å². The van der Waals surface area contributed by atoms with Crippen molar-refractivity contribution in [1.29, 1.82) is 0 Å². The molecule has 4 rings (SSSR count). The summed E-state index contributed by atoms with van der Waals surface area (Å²) >= 11 is 0. The molecule has 1 aliphatic rings. The molecule has 1 amide bonds.